The first-order chi connectivity index (χ1) is 8.40. The minimum absolute atomic E-state index is 0.606. The zero-order valence-corrected chi connectivity index (χ0v) is 10.5. The normalized spacial score (nSPS) is 43.5. The number of hydrogen-bond donors (Lipinski definition) is 1. The quantitative estimate of drug-likeness (QED) is 0.836. The van der Waals surface area contributed by atoms with Crippen LogP contribution in [0.4, 0.5) is 0 Å². The van der Waals surface area contributed by atoms with Crippen LogP contribution in [-0.2, 0) is 0 Å². The Hall–Kier alpha value is -0.820. The van der Waals surface area contributed by atoms with Crippen LogP contribution in [0.3, 0.4) is 0 Å². The monoisotopic (exact) mass is 227 g/mol. The Morgan fingerprint density at radius 1 is 1.06 bits per heavy atom. The molecular weight excluding hydrogens is 206 g/mol. The highest BCUT2D eigenvalue weighted by Gasteiger charge is 2.66. The van der Waals surface area contributed by atoms with E-state index in [4.69, 9.17) is 0 Å². The van der Waals surface area contributed by atoms with Crippen molar-refractivity contribution in [3.63, 3.8) is 0 Å². The standard InChI is InChI=1S/C16H21N/c1-17-16(10-5-3-2-4-6-10)15-13-11-7-8-12(9-11)14(13)15/h2-6,11-17H,7-9H2,1H3. The second-order valence-corrected chi connectivity index (χ2v) is 6.24. The molecule has 17 heavy (non-hydrogen) atoms. The Morgan fingerprint density at radius 2 is 1.71 bits per heavy atom. The van der Waals surface area contributed by atoms with E-state index in [2.05, 4.69) is 42.7 Å². The van der Waals surface area contributed by atoms with Crippen LogP contribution < -0.4 is 5.32 Å². The van der Waals surface area contributed by atoms with E-state index in [1.54, 1.807) is 6.42 Å². The van der Waals surface area contributed by atoms with Crippen molar-refractivity contribution in [1.82, 2.24) is 5.32 Å². The van der Waals surface area contributed by atoms with Gasteiger partial charge in [0.15, 0.2) is 0 Å². The lowest BCUT2D eigenvalue weighted by atomic mass is 9.93. The summed E-state index contributed by atoms with van der Waals surface area (Å²) in [4.78, 5) is 0. The van der Waals surface area contributed by atoms with Gasteiger partial charge in [0.2, 0.25) is 0 Å². The van der Waals surface area contributed by atoms with Gasteiger partial charge >= 0.3 is 0 Å². The second-order valence-electron chi connectivity index (χ2n) is 6.24. The lowest BCUT2D eigenvalue weighted by Crippen LogP contribution is -2.21. The van der Waals surface area contributed by atoms with E-state index in [1.165, 1.54) is 18.4 Å². The molecule has 4 rings (SSSR count). The summed E-state index contributed by atoms with van der Waals surface area (Å²) in [6.45, 7) is 0. The fourth-order valence-electron chi connectivity index (χ4n) is 5.08. The smallest absolute Gasteiger partial charge is 0.0351 e. The molecule has 1 heteroatoms. The van der Waals surface area contributed by atoms with Crippen LogP contribution in [0.5, 0.6) is 0 Å². The highest BCUT2D eigenvalue weighted by atomic mass is 14.9. The van der Waals surface area contributed by atoms with Crippen LogP contribution in [-0.4, -0.2) is 7.05 Å². The number of hydrogen-bond acceptors (Lipinski definition) is 1. The minimum Gasteiger partial charge on any atom is -0.313 e. The van der Waals surface area contributed by atoms with Gasteiger partial charge in [-0.15, -0.1) is 0 Å². The molecule has 3 aliphatic rings. The summed E-state index contributed by atoms with van der Waals surface area (Å²) in [5.74, 6) is 5.22. The van der Waals surface area contributed by atoms with E-state index in [9.17, 15) is 0 Å². The van der Waals surface area contributed by atoms with Crippen LogP contribution in [0, 0.1) is 29.6 Å². The summed E-state index contributed by atoms with van der Waals surface area (Å²) in [5, 5.41) is 3.58. The van der Waals surface area contributed by atoms with E-state index >= 15 is 0 Å². The van der Waals surface area contributed by atoms with Crippen molar-refractivity contribution < 1.29 is 0 Å². The Bertz CT molecular complexity index is 397. The molecular formula is C16H21N. The van der Waals surface area contributed by atoms with Crippen molar-refractivity contribution in [3.05, 3.63) is 35.9 Å². The summed E-state index contributed by atoms with van der Waals surface area (Å²) in [5.41, 5.74) is 1.49. The molecule has 1 N–H and O–H groups in total. The Labute approximate surface area is 104 Å². The maximum atomic E-state index is 3.58. The first-order valence-electron chi connectivity index (χ1n) is 7.12. The van der Waals surface area contributed by atoms with Crippen LogP contribution >= 0.6 is 0 Å². The Kier molecular flexibility index (Phi) is 2.14. The summed E-state index contributed by atoms with van der Waals surface area (Å²) >= 11 is 0. The number of benzene rings is 1. The topological polar surface area (TPSA) is 12.0 Å². The van der Waals surface area contributed by atoms with Gasteiger partial charge in [-0.25, -0.2) is 0 Å². The van der Waals surface area contributed by atoms with Gasteiger partial charge in [-0.3, -0.25) is 0 Å². The third-order valence-electron chi connectivity index (χ3n) is 5.65. The molecule has 5 atom stereocenters. The first-order valence-corrected chi connectivity index (χ1v) is 7.12. The van der Waals surface area contributed by atoms with Gasteiger partial charge in [-0.05, 0) is 61.5 Å². The molecule has 1 aromatic carbocycles. The third kappa shape index (κ3) is 1.35. The fourth-order valence-corrected chi connectivity index (χ4v) is 5.08. The zero-order valence-electron chi connectivity index (χ0n) is 10.5. The van der Waals surface area contributed by atoms with Gasteiger partial charge in [0.05, 0.1) is 0 Å². The number of rotatable bonds is 3. The highest BCUT2D eigenvalue weighted by Crippen LogP contribution is 2.72. The van der Waals surface area contributed by atoms with Crippen molar-refractivity contribution in [2.45, 2.75) is 25.3 Å². The molecule has 0 aromatic heterocycles. The molecule has 3 aliphatic carbocycles. The van der Waals surface area contributed by atoms with E-state index in [-0.39, 0.29) is 0 Å². The average molecular weight is 227 g/mol. The molecule has 3 saturated carbocycles. The second kappa shape index (κ2) is 3.58. The van der Waals surface area contributed by atoms with Crippen LogP contribution in [0.15, 0.2) is 30.3 Å². The number of nitrogens with one attached hydrogen (secondary N) is 1. The van der Waals surface area contributed by atoms with Crippen LogP contribution in [0.2, 0.25) is 0 Å². The van der Waals surface area contributed by atoms with Crippen molar-refractivity contribution in [2.24, 2.45) is 29.6 Å². The summed E-state index contributed by atoms with van der Waals surface area (Å²) in [7, 11) is 2.13. The highest BCUT2D eigenvalue weighted by molar-refractivity contribution is 5.26. The van der Waals surface area contributed by atoms with Gasteiger partial charge in [-0.2, -0.15) is 0 Å². The summed E-state index contributed by atoms with van der Waals surface area (Å²) in [6.07, 6.45) is 4.60. The van der Waals surface area contributed by atoms with Crippen LogP contribution in [0.25, 0.3) is 0 Å². The summed E-state index contributed by atoms with van der Waals surface area (Å²) < 4.78 is 0. The Morgan fingerprint density at radius 3 is 2.29 bits per heavy atom. The molecule has 1 aromatic rings. The molecule has 3 fully saturated rings. The lowest BCUT2D eigenvalue weighted by molar-refractivity contribution is 0.385. The largest absolute Gasteiger partial charge is 0.313 e. The third-order valence-corrected chi connectivity index (χ3v) is 5.65. The molecule has 0 saturated heterocycles. The molecule has 0 aliphatic heterocycles. The van der Waals surface area contributed by atoms with Crippen molar-refractivity contribution in [3.8, 4) is 0 Å². The molecule has 90 valence electrons. The minimum atomic E-state index is 0.606. The van der Waals surface area contributed by atoms with Gasteiger partial charge in [-0.1, -0.05) is 30.3 Å². The first kappa shape index (κ1) is 10.1. The van der Waals surface area contributed by atoms with Crippen LogP contribution in [0.1, 0.15) is 30.9 Å². The van der Waals surface area contributed by atoms with Crippen molar-refractivity contribution in [1.29, 1.82) is 0 Å². The average Bonchev–Trinajstić information content (AvgIpc) is 2.81. The SMILES string of the molecule is CNC(c1ccccc1)C1C2C3CCC(C3)C21. The molecule has 0 radical (unpaired) electrons. The van der Waals surface area contributed by atoms with Gasteiger partial charge in [0, 0.05) is 6.04 Å². The molecule has 5 unspecified atom stereocenters. The predicted molar refractivity (Wildman–Crippen MR) is 69.5 cm³/mol. The van der Waals surface area contributed by atoms with E-state index in [0.29, 0.717) is 6.04 Å². The van der Waals surface area contributed by atoms with Gasteiger partial charge in [0.1, 0.15) is 0 Å². The van der Waals surface area contributed by atoms with Crippen molar-refractivity contribution >= 4 is 0 Å². The maximum Gasteiger partial charge on any atom is 0.0351 e. The lowest BCUT2D eigenvalue weighted by Gasteiger charge is -2.20. The Balaban J connectivity index is 1.59. The molecule has 2 bridgehead atoms. The summed E-state index contributed by atoms with van der Waals surface area (Å²) in [6, 6.07) is 11.6. The fraction of sp³-hybridized carbons (Fsp3) is 0.625. The predicted octanol–water partition coefficient (Wildman–Crippen LogP) is 3.24. The van der Waals surface area contributed by atoms with Gasteiger partial charge in [0.25, 0.3) is 0 Å². The zero-order chi connectivity index (χ0) is 11.4. The molecule has 0 amide bonds. The molecule has 0 spiro atoms. The van der Waals surface area contributed by atoms with E-state index in [1.807, 2.05) is 0 Å². The molecule has 0 heterocycles. The maximum absolute atomic E-state index is 3.58. The molecule has 1 nitrogen and oxygen atoms in total. The van der Waals surface area contributed by atoms with Crippen molar-refractivity contribution in [2.75, 3.05) is 7.05 Å². The number of fused-ring (bicyclic) bond motifs is 5. The van der Waals surface area contributed by atoms with Gasteiger partial charge < -0.3 is 5.32 Å². The van der Waals surface area contributed by atoms with E-state index < -0.39 is 0 Å². The van der Waals surface area contributed by atoms with E-state index in [0.717, 1.165) is 29.6 Å².